The van der Waals surface area contributed by atoms with Gasteiger partial charge in [-0.05, 0) is 45.4 Å². The van der Waals surface area contributed by atoms with Crippen LogP contribution in [0.5, 0.6) is 5.75 Å². The second kappa shape index (κ2) is 12.2. The van der Waals surface area contributed by atoms with Crippen molar-refractivity contribution in [1.29, 1.82) is 0 Å². The Morgan fingerprint density at radius 2 is 1.98 bits per heavy atom. The molecule has 220 valence electrons. The Morgan fingerprint density at radius 3 is 2.63 bits per heavy atom. The van der Waals surface area contributed by atoms with Crippen LogP contribution in [-0.2, 0) is 0 Å². The lowest BCUT2D eigenvalue weighted by Gasteiger charge is -2.22. The molecule has 9 nitrogen and oxygen atoms in total. The van der Waals surface area contributed by atoms with Gasteiger partial charge in [0.25, 0.3) is 0 Å². The van der Waals surface area contributed by atoms with Crippen LogP contribution >= 0.6 is 0 Å². The number of aliphatic hydroxyl groups excluding tert-OH is 1. The number of alkyl halides is 3. The number of rotatable bonds is 10. The van der Waals surface area contributed by atoms with Gasteiger partial charge in [0.2, 0.25) is 0 Å². The summed E-state index contributed by atoms with van der Waals surface area (Å²) in [4.78, 5) is 14.6. The van der Waals surface area contributed by atoms with Gasteiger partial charge in [0, 0.05) is 29.6 Å². The third kappa shape index (κ3) is 7.02. The summed E-state index contributed by atoms with van der Waals surface area (Å²) in [6.07, 6.45) is -2.61. The topological polar surface area (TPSA) is 123 Å². The van der Waals surface area contributed by atoms with Gasteiger partial charge in [-0.3, -0.25) is 4.99 Å². The number of ether oxygens (including phenoxy) is 1. The molecular weight excluding hydrogens is 544 g/mol. The Balaban J connectivity index is 1.75. The molecule has 1 atom stereocenters. The van der Waals surface area contributed by atoms with E-state index in [1.807, 2.05) is 6.92 Å². The standard InChI is InChI=1S/C28H32F4N6O3/c1-5-6-19(39)13-40-20-7-8-22(29)21(9-20)26-35-25(24-16(3)37-41-17(24)4)15(2)27(36-26)38-11-18(23(33)12-38)10-34-14-28(30,31)32/h7-10,19,39H,5-6,11-14,33H2,1-4H3/t19-/m1/s1. The molecule has 0 saturated carbocycles. The van der Waals surface area contributed by atoms with E-state index in [-0.39, 0.29) is 31.1 Å². The molecule has 1 aliphatic rings. The summed E-state index contributed by atoms with van der Waals surface area (Å²) < 4.78 is 64.1. The lowest BCUT2D eigenvalue weighted by atomic mass is 10.0. The van der Waals surface area contributed by atoms with E-state index < -0.39 is 24.6 Å². The highest BCUT2D eigenvalue weighted by Crippen LogP contribution is 2.36. The molecule has 0 aliphatic carbocycles. The number of hydrogen-bond donors (Lipinski definition) is 2. The normalized spacial score (nSPS) is 14.9. The number of aliphatic hydroxyl groups is 1. The van der Waals surface area contributed by atoms with Gasteiger partial charge in [0.05, 0.1) is 35.2 Å². The summed E-state index contributed by atoms with van der Waals surface area (Å²) >= 11 is 0. The van der Waals surface area contributed by atoms with Crippen LogP contribution in [-0.4, -0.2) is 65.0 Å². The predicted molar refractivity (Wildman–Crippen MR) is 146 cm³/mol. The maximum absolute atomic E-state index is 15.2. The molecule has 13 heteroatoms. The first-order valence-electron chi connectivity index (χ1n) is 13.1. The third-order valence-corrected chi connectivity index (χ3v) is 6.59. The average Bonchev–Trinajstić information content (AvgIpc) is 3.44. The van der Waals surface area contributed by atoms with Crippen molar-refractivity contribution in [1.82, 2.24) is 15.1 Å². The van der Waals surface area contributed by atoms with Crippen LogP contribution in [0.2, 0.25) is 0 Å². The minimum absolute atomic E-state index is 0.0423. The largest absolute Gasteiger partial charge is 0.491 e. The number of aliphatic imine (C=N–C) groups is 1. The van der Waals surface area contributed by atoms with E-state index in [1.165, 1.54) is 18.2 Å². The molecule has 1 aromatic carbocycles. The molecule has 3 aromatic rings. The first-order chi connectivity index (χ1) is 19.4. The number of nitrogens with two attached hydrogens (primary N) is 1. The zero-order valence-corrected chi connectivity index (χ0v) is 23.2. The highest BCUT2D eigenvalue weighted by atomic mass is 19.4. The quantitative estimate of drug-likeness (QED) is 0.253. The molecule has 0 fully saturated rings. The van der Waals surface area contributed by atoms with E-state index in [9.17, 15) is 18.3 Å². The first kappa shape index (κ1) is 30.0. The monoisotopic (exact) mass is 576 g/mol. The minimum Gasteiger partial charge on any atom is -0.491 e. The second-order valence-electron chi connectivity index (χ2n) is 9.93. The molecule has 2 aromatic heterocycles. The van der Waals surface area contributed by atoms with Crippen molar-refractivity contribution in [3.63, 3.8) is 0 Å². The molecule has 1 aliphatic heterocycles. The van der Waals surface area contributed by atoms with Crippen molar-refractivity contribution in [2.45, 2.75) is 52.8 Å². The first-order valence-corrected chi connectivity index (χ1v) is 13.1. The summed E-state index contributed by atoms with van der Waals surface area (Å²) in [5.41, 5.74) is 9.28. The number of benzene rings is 1. The SMILES string of the molecule is CCC[C@@H](O)COc1ccc(F)c(-c2nc(-c3c(C)noc3C)c(C)c(N3CC(N)=C(C=NCC(F)(F)F)C3)n2)c1. The molecule has 0 amide bonds. The zero-order valence-electron chi connectivity index (χ0n) is 23.2. The molecule has 4 rings (SSSR count). The van der Waals surface area contributed by atoms with Crippen molar-refractivity contribution in [2.75, 3.05) is 31.1 Å². The highest BCUT2D eigenvalue weighted by Gasteiger charge is 2.29. The Morgan fingerprint density at radius 1 is 1.22 bits per heavy atom. The summed E-state index contributed by atoms with van der Waals surface area (Å²) in [7, 11) is 0. The van der Waals surface area contributed by atoms with Crippen LogP contribution in [0.4, 0.5) is 23.4 Å². The Kier molecular flexibility index (Phi) is 8.95. The van der Waals surface area contributed by atoms with Gasteiger partial charge in [-0.15, -0.1) is 0 Å². The number of aryl methyl sites for hydroxylation is 2. The lowest BCUT2D eigenvalue weighted by Crippen LogP contribution is -2.25. The smallest absolute Gasteiger partial charge is 0.407 e. The van der Waals surface area contributed by atoms with Crippen molar-refractivity contribution < 1.29 is 31.9 Å². The molecule has 0 spiro atoms. The van der Waals surface area contributed by atoms with Crippen molar-refractivity contribution in [3.05, 3.63) is 52.3 Å². The maximum Gasteiger partial charge on any atom is 0.407 e. The highest BCUT2D eigenvalue weighted by molar-refractivity contribution is 5.84. The molecule has 3 heterocycles. The fourth-order valence-electron chi connectivity index (χ4n) is 4.58. The van der Waals surface area contributed by atoms with Crippen molar-refractivity contribution >= 4 is 12.0 Å². The number of hydrogen-bond acceptors (Lipinski definition) is 9. The molecule has 0 saturated heterocycles. The average molecular weight is 577 g/mol. The van der Waals surface area contributed by atoms with Crippen LogP contribution in [0, 0.1) is 26.6 Å². The summed E-state index contributed by atoms with van der Waals surface area (Å²) in [6.45, 7) is 6.27. The van der Waals surface area contributed by atoms with E-state index in [1.54, 1.807) is 25.7 Å². The van der Waals surface area contributed by atoms with Gasteiger partial charge in [-0.2, -0.15) is 13.2 Å². The molecular formula is C28H32F4N6O3. The van der Waals surface area contributed by atoms with Crippen molar-refractivity contribution in [3.8, 4) is 28.4 Å². The van der Waals surface area contributed by atoms with Crippen LogP contribution in [0.25, 0.3) is 22.6 Å². The Labute approximate surface area is 234 Å². The van der Waals surface area contributed by atoms with E-state index in [4.69, 9.17) is 20.0 Å². The lowest BCUT2D eigenvalue weighted by molar-refractivity contribution is -0.118. The molecule has 3 N–H and O–H groups in total. The number of aromatic nitrogens is 3. The molecule has 0 radical (unpaired) electrons. The molecule has 41 heavy (non-hydrogen) atoms. The molecule has 0 unspecified atom stereocenters. The van der Waals surface area contributed by atoms with E-state index in [2.05, 4.69) is 15.1 Å². The van der Waals surface area contributed by atoms with E-state index in [0.29, 0.717) is 57.5 Å². The maximum atomic E-state index is 15.2. The summed E-state index contributed by atoms with van der Waals surface area (Å²) in [6, 6.07) is 4.16. The zero-order chi connectivity index (χ0) is 29.9. The van der Waals surface area contributed by atoms with Crippen LogP contribution in [0.15, 0.2) is 39.0 Å². The van der Waals surface area contributed by atoms with Gasteiger partial charge < -0.3 is 25.0 Å². The van der Waals surface area contributed by atoms with Gasteiger partial charge in [0.15, 0.2) is 5.82 Å². The van der Waals surface area contributed by atoms with Crippen LogP contribution in [0.1, 0.15) is 36.8 Å². The third-order valence-electron chi connectivity index (χ3n) is 6.59. The van der Waals surface area contributed by atoms with Gasteiger partial charge in [-0.25, -0.2) is 14.4 Å². The van der Waals surface area contributed by atoms with E-state index in [0.717, 1.165) is 12.6 Å². The number of anilines is 1. The van der Waals surface area contributed by atoms with Gasteiger partial charge >= 0.3 is 6.18 Å². The summed E-state index contributed by atoms with van der Waals surface area (Å²) in [5.74, 6) is 0.704. The number of nitrogens with zero attached hydrogens (tertiary/aromatic N) is 5. The number of halogens is 4. The van der Waals surface area contributed by atoms with Crippen molar-refractivity contribution in [2.24, 2.45) is 10.7 Å². The van der Waals surface area contributed by atoms with Crippen LogP contribution < -0.4 is 15.4 Å². The predicted octanol–water partition coefficient (Wildman–Crippen LogP) is 5.07. The van der Waals surface area contributed by atoms with Gasteiger partial charge in [0.1, 0.15) is 36.3 Å². The fourth-order valence-corrected chi connectivity index (χ4v) is 4.58. The Bertz CT molecular complexity index is 1450. The second-order valence-corrected chi connectivity index (χ2v) is 9.93. The van der Waals surface area contributed by atoms with E-state index >= 15 is 4.39 Å². The van der Waals surface area contributed by atoms with Crippen LogP contribution in [0.3, 0.4) is 0 Å². The summed E-state index contributed by atoms with van der Waals surface area (Å²) in [5, 5.41) is 14.1. The van der Waals surface area contributed by atoms with Gasteiger partial charge in [-0.1, -0.05) is 18.5 Å². The minimum atomic E-state index is -4.43. The Hall–Kier alpha value is -4.00. The fraction of sp³-hybridized carbons (Fsp3) is 0.429. The molecule has 0 bridgehead atoms.